The van der Waals surface area contributed by atoms with Crippen LogP contribution in [0.15, 0.2) is 231 Å². The first kappa shape index (κ1) is 41.3. The molecule has 0 fully saturated rings. The summed E-state index contributed by atoms with van der Waals surface area (Å²) in [6.45, 7) is 4.99. The second-order valence-electron chi connectivity index (χ2n) is 19.6. The summed E-state index contributed by atoms with van der Waals surface area (Å²) in [6, 6.07) is 81.8. The van der Waals surface area contributed by atoms with Crippen LogP contribution in [0.4, 0.5) is 22.7 Å². The third-order valence-electron chi connectivity index (χ3n) is 15.3. The molecule has 15 rings (SSSR count). The first-order valence-corrected chi connectivity index (χ1v) is 25.1. The standard InChI is InChI=1S/C68H46N4O/c1-42-36-43(2)38-45(37-42)49-25-12-24-48(44-16-4-3-5-17-44)65(49)70-41-71-63-39-46(31-33-56(63)52-20-8-10-22-54(52)59-28-14-30-62(70)67(59)71)73-47-32-34-57-60-27-13-26-58-53-21-9-6-18-50(53)51-19-7-11-23-55(51)61-29-15-35-69-68(61)72(66(58)60)64(57)40-47/h3-40H,41H2,1-2H3. The number of aromatic nitrogens is 2. The summed E-state index contributed by atoms with van der Waals surface area (Å²) in [5.41, 5.74) is 19.8. The van der Waals surface area contributed by atoms with E-state index >= 15 is 0 Å². The van der Waals surface area contributed by atoms with Gasteiger partial charge >= 0.3 is 0 Å². The van der Waals surface area contributed by atoms with Crippen LogP contribution in [0.2, 0.25) is 0 Å². The van der Waals surface area contributed by atoms with E-state index in [9.17, 15) is 0 Å². The maximum Gasteiger partial charge on any atom is 0.145 e. The van der Waals surface area contributed by atoms with Gasteiger partial charge in [0, 0.05) is 62.1 Å². The summed E-state index contributed by atoms with van der Waals surface area (Å²) in [5.74, 6) is 1.51. The maximum absolute atomic E-state index is 7.12. The third-order valence-corrected chi connectivity index (χ3v) is 15.3. The largest absolute Gasteiger partial charge is 0.457 e. The van der Waals surface area contributed by atoms with Crippen LogP contribution < -0.4 is 14.5 Å². The number of para-hydroxylation sites is 3. The summed E-state index contributed by atoms with van der Waals surface area (Å²) in [5, 5.41) is 9.28. The molecule has 10 aromatic carbocycles. The number of aryl methyl sites for hydroxylation is 2. The van der Waals surface area contributed by atoms with Crippen molar-refractivity contribution in [1.29, 1.82) is 0 Å². The Kier molecular flexibility index (Phi) is 9.08. The lowest BCUT2D eigenvalue weighted by molar-refractivity contribution is 0.483. The summed E-state index contributed by atoms with van der Waals surface area (Å²) >= 11 is 0. The van der Waals surface area contributed by atoms with Crippen molar-refractivity contribution in [2.75, 3.05) is 16.5 Å². The molecule has 0 radical (unpaired) electrons. The number of anilines is 4. The molecule has 344 valence electrons. The molecule has 13 aromatic rings. The highest BCUT2D eigenvalue weighted by Gasteiger charge is 2.37. The molecule has 2 aliphatic rings. The topological polar surface area (TPSA) is 33.0 Å². The van der Waals surface area contributed by atoms with Crippen molar-refractivity contribution < 1.29 is 4.74 Å². The molecule has 0 amide bonds. The van der Waals surface area contributed by atoms with Crippen LogP contribution in [-0.2, 0) is 0 Å². The second-order valence-corrected chi connectivity index (χ2v) is 19.6. The average Bonchev–Trinajstić information content (AvgIpc) is 3.97. The van der Waals surface area contributed by atoms with Crippen molar-refractivity contribution in [3.8, 4) is 56.0 Å². The monoisotopic (exact) mass is 934 g/mol. The van der Waals surface area contributed by atoms with E-state index in [1.165, 1.54) is 88.7 Å². The number of pyridine rings is 1. The third kappa shape index (κ3) is 6.32. The fourth-order valence-corrected chi connectivity index (χ4v) is 12.3. The van der Waals surface area contributed by atoms with Gasteiger partial charge in [0.1, 0.15) is 23.8 Å². The zero-order chi connectivity index (χ0) is 48.3. The van der Waals surface area contributed by atoms with Crippen molar-refractivity contribution >= 4 is 82.5 Å². The fourth-order valence-electron chi connectivity index (χ4n) is 12.3. The smallest absolute Gasteiger partial charge is 0.145 e. The Morgan fingerprint density at radius 2 is 0.918 bits per heavy atom. The van der Waals surface area contributed by atoms with E-state index in [1.807, 2.05) is 12.3 Å². The SMILES string of the molecule is Cc1cc(C)cc(-c2cccc(-c3ccccc3)c2N2CN3c4cc(Oc5ccc6c7cccc8c9ccccc9c9ccccc9c9cccnc9n(c6c5)c87)ccc4-c4ccccc4-c4cccc2c43)c1. The first-order valence-electron chi connectivity index (χ1n) is 25.1. The van der Waals surface area contributed by atoms with Crippen molar-refractivity contribution in [2.24, 2.45) is 0 Å². The number of ether oxygens (including phenoxy) is 1. The number of fused-ring (bicyclic) bond motifs is 15. The molecule has 0 spiro atoms. The van der Waals surface area contributed by atoms with Crippen LogP contribution in [0.5, 0.6) is 11.5 Å². The molecule has 2 aliphatic heterocycles. The van der Waals surface area contributed by atoms with Gasteiger partial charge in [-0.3, -0.25) is 4.40 Å². The van der Waals surface area contributed by atoms with E-state index in [2.05, 4.69) is 246 Å². The molecular formula is C68H46N4O. The lowest BCUT2D eigenvalue weighted by Crippen LogP contribution is -2.25. The number of benzene rings is 10. The van der Waals surface area contributed by atoms with Crippen LogP contribution in [0, 0.1) is 13.8 Å². The molecule has 5 nitrogen and oxygen atoms in total. The molecule has 5 heterocycles. The van der Waals surface area contributed by atoms with Crippen molar-refractivity contribution in [2.45, 2.75) is 13.8 Å². The Hall–Kier alpha value is -9.45. The lowest BCUT2D eigenvalue weighted by atomic mass is 9.92. The van der Waals surface area contributed by atoms with Crippen molar-refractivity contribution in [3.05, 3.63) is 242 Å². The highest BCUT2D eigenvalue weighted by molar-refractivity contribution is 6.25. The molecule has 5 heteroatoms. The van der Waals surface area contributed by atoms with Gasteiger partial charge in [-0.2, -0.15) is 0 Å². The number of rotatable bonds is 5. The Balaban J connectivity index is 0.926. The molecule has 73 heavy (non-hydrogen) atoms. The van der Waals surface area contributed by atoms with E-state index in [4.69, 9.17) is 9.72 Å². The molecule has 0 aliphatic carbocycles. The second kappa shape index (κ2) is 16.0. The normalized spacial score (nSPS) is 12.7. The summed E-state index contributed by atoms with van der Waals surface area (Å²) in [4.78, 5) is 10.3. The van der Waals surface area contributed by atoms with Crippen LogP contribution in [0.25, 0.3) is 104 Å². The van der Waals surface area contributed by atoms with Crippen LogP contribution >= 0.6 is 0 Å². The van der Waals surface area contributed by atoms with Crippen LogP contribution in [0.1, 0.15) is 11.1 Å². The quantitative estimate of drug-likeness (QED) is 0.172. The minimum atomic E-state index is 0.603. The van der Waals surface area contributed by atoms with Gasteiger partial charge in [0.25, 0.3) is 0 Å². The van der Waals surface area contributed by atoms with Crippen LogP contribution in [0.3, 0.4) is 0 Å². The van der Waals surface area contributed by atoms with E-state index in [0.29, 0.717) is 6.67 Å². The minimum Gasteiger partial charge on any atom is -0.457 e. The van der Waals surface area contributed by atoms with Gasteiger partial charge in [-0.1, -0.05) is 181 Å². The molecule has 0 saturated carbocycles. The Labute approximate surface area is 422 Å². The van der Waals surface area contributed by atoms with Gasteiger partial charge in [0.2, 0.25) is 0 Å². The highest BCUT2D eigenvalue weighted by Crippen LogP contribution is 2.58. The lowest BCUT2D eigenvalue weighted by Gasteiger charge is -2.28. The highest BCUT2D eigenvalue weighted by atomic mass is 16.5. The predicted molar refractivity (Wildman–Crippen MR) is 305 cm³/mol. The summed E-state index contributed by atoms with van der Waals surface area (Å²) < 4.78 is 9.48. The summed E-state index contributed by atoms with van der Waals surface area (Å²) in [6.07, 6.45) is 1.91. The Morgan fingerprint density at radius 1 is 0.370 bits per heavy atom. The maximum atomic E-state index is 7.12. The average molecular weight is 935 g/mol. The molecule has 3 aromatic heterocycles. The van der Waals surface area contributed by atoms with Crippen molar-refractivity contribution in [1.82, 2.24) is 9.38 Å². The van der Waals surface area contributed by atoms with E-state index in [0.717, 1.165) is 61.0 Å². The number of nitrogens with zero attached hydrogens (tertiary/aromatic N) is 4. The fraction of sp³-hybridized carbons (Fsp3) is 0.0441. The zero-order valence-corrected chi connectivity index (χ0v) is 40.3. The Morgan fingerprint density at radius 3 is 1.68 bits per heavy atom. The Bertz CT molecular complexity index is 4470. The molecular weight excluding hydrogens is 889 g/mol. The van der Waals surface area contributed by atoms with Gasteiger partial charge in [-0.15, -0.1) is 0 Å². The van der Waals surface area contributed by atoms with Gasteiger partial charge in [-0.05, 0) is 100 Å². The molecule has 0 unspecified atom stereocenters. The molecule has 0 N–H and O–H groups in total. The van der Waals surface area contributed by atoms with E-state index in [-0.39, 0.29) is 0 Å². The van der Waals surface area contributed by atoms with E-state index in [1.54, 1.807) is 0 Å². The molecule has 0 saturated heterocycles. The van der Waals surface area contributed by atoms with Gasteiger partial charge in [0.15, 0.2) is 0 Å². The zero-order valence-electron chi connectivity index (χ0n) is 40.3. The molecule has 0 bridgehead atoms. The summed E-state index contributed by atoms with van der Waals surface area (Å²) in [7, 11) is 0. The molecule has 0 atom stereocenters. The van der Waals surface area contributed by atoms with Gasteiger partial charge < -0.3 is 14.5 Å². The predicted octanol–water partition coefficient (Wildman–Crippen LogP) is 18.3. The minimum absolute atomic E-state index is 0.603. The van der Waals surface area contributed by atoms with E-state index < -0.39 is 0 Å². The van der Waals surface area contributed by atoms with Gasteiger partial charge in [0.05, 0.1) is 33.8 Å². The van der Waals surface area contributed by atoms with Gasteiger partial charge in [-0.25, -0.2) is 4.98 Å². The van der Waals surface area contributed by atoms with Crippen molar-refractivity contribution in [3.63, 3.8) is 0 Å². The number of hydrogen-bond acceptors (Lipinski definition) is 4. The number of hydrogen-bond donors (Lipinski definition) is 0. The van der Waals surface area contributed by atoms with Crippen LogP contribution in [-0.4, -0.2) is 16.1 Å². The first-order chi connectivity index (χ1) is 36.0.